The van der Waals surface area contributed by atoms with Crippen LogP contribution in [0, 0.1) is 5.82 Å². The number of hydrogen-bond acceptors (Lipinski definition) is 6. The van der Waals surface area contributed by atoms with Crippen LogP contribution in [0.5, 0.6) is 0 Å². The Bertz CT molecular complexity index is 641. The smallest absolute Gasteiger partial charge is 0.410 e. The van der Waals surface area contributed by atoms with Crippen LogP contribution in [0.2, 0.25) is 0 Å². The number of carbonyl (C=O) groups excluding carboxylic acids is 2. The van der Waals surface area contributed by atoms with Crippen LogP contribution in [0.1, 0.15) is 31.1 Å². The standard InChI is InChI=1S/C17H24FN3O4/c1-17(2,3)25-16(23)21-7-5-20(6-8-21)11-9-12(18)14(13(19)10-11)15(22)24-4/h9-10H,5-8,19H2,1-4H3. The molecule has 1 aliphatic heterocycles. The van der Waals surface area contributed by atoms with Gasteiger partial charge in [-0.25, -0.2) is 14.0 Å². The lowest BCUT2D eigenvalue weighted by molar-refractivity contribution is 0.0240. The summed E-state index contributed by atoms with van der Waals surface area (Å²) in [7, 11) is 1.17. The number of nitrogens with two attached hydrogens (primary N) is 1. The average molecular weight is 353 g/mol. The van der Waals surface area contributed by atoms with E-state index in [9.17, 15) is 14.0 Å². The lowest BCUT2D eigenvalue weighted by atomic mass is 10.1. The molecule has 0 aromatic heterocycles. The number of nitrogens with zero attached hydrogens (tertiary/aromatic N) is 2. The van der Waals surface area contributed by atoms with Gasteiger partial charge in [-0.3, -0.25) is 0 Å². The van der Waals surface area contributed by atoms with Gasteiger partial charge in [-0.2, -0.15) is 0 Å². The maximum absolute atomic E-state index is 14.2. The van der Waals surface area contributed by atoms with Crippen molar-refractivity contribution in [2.45, 2.75) is 26.4 Å². The van der Waals surface area contributed by atoms with Crippen molar-refractivity contribution in [1.29, 1.82) is 0 Å². The average Bonchev–Trinajstić information content (AvgIpc) is 2.52. The molecule has 1 aromatic rings. The highest BCUT2D eigenvalue weighted by molar-refractivity contribution is 5.96. The van der Waals surface area contributed by atoms with Crippen LogP contribution < -0.4 is 10.6 Å². The molecule has 0 atom stereocenters. The molecular weight excluding hydrogens is 329 g/mol. The van der Waals surface area contributed by atoms with E-state index >= 15 is 0 Å². The van der Waals surface area contributed by atoms with Crippen molar-refractivity contribution >= 4 is 23.4 Å². The van der Waals surface area contributed by atoms with E-state index in [1.54, 1.807) is 11.0 Å². The quantitative estimate of drug-likeness (QED) is 0.648. The normalized spacial score (nSPS) is 15.1. The summed E-state index contributed by atoms with van der Waals surface area (Å²) >= 11 is 0. The van der Waals surface area contributed by atoms with Crippen LogP contribution in [0.25, 0.3) is 0 Å². The van der Waals surface area contributed by atoms with Crippen molar-refractivity contribution in [1.82, 2.24) is 4.90 Å². The first kappa shape index (κ1) is 18.8. The van der Waals surface area contributed by atoms with E-state index in [1.165, 1.54) is 13.2 Å². The molecule has 0 unspecified atom stereocenters. The summed E-state index contributed by atoms with van der Waals surface area (Å²) in [4.78, 5) is 27.2. The second-order valence-corrected chi connectivity index (χ2v) is 6.84. The number of amides is 1. The highest BCUT2D eigenvalue weighted by Gasteiger charge is 2.27. The van der Waals surface area contributed by atoms with Gasteiger partial charge >= 0.3 is 12.1 Å². The molecule has 8 heteroatoms. The van der Waals surface area contributed by atoms with E-state index in [1.807, 2.05) is 25.7 Å². The topological polar surface area (TPSA) is 85.1 Å². The number of benzene rings is 1. The fourth-order valence-corrected chi connectivity index (χ4v) is 2.59. The van der Waals surface area contributed by atoms with Gasteiger partial charge in [0.15, 0.2) is 0 Å². The summed E-state index contributed by atoms with van der Waals surface area (Å²) in [5.74, 6) is -1.53. The van der Waals surface area contributed by atoms with Gasteiger partial charge in [0.25, 0.3) is 0 Å². The summed E-state index contributed by atoms with van der Waals surface area (Å²) < 4.78 is 24.1. The zero-order valence-electron chi connectivity index (χ0n) is 15.0. The Morgan fingerprint density at radius 1 is 1.16 bits per heavy atom. The summed E-state index contributed by atoms with van der Waals surface area (Å²) in [5, 5.41) is 0. The number of esters is 1. The minimum atomic E-state index is -0.809. The number of nitrogen functional groups attached to an aromatic ring is 1. The van der Waals surface area contributed by atoms with Gasteiger partial charge in [0.1, 0.15) is 17.0 Å². The van der Waals surface area contributed by atoms with E-state index in [4.69, 9.17) is 10.5 Å². The van der Waals surface area contributed by atoms with Crippen LogP contribution in [0.3, 0.4) is 0 Å². The predicted octanol–water partition coefficient (Wildman–Crippen LogP) is 2.25. The number of carbonyl (C=O) groups is 2. The van der Waals surface area contributed by atoms with E-state index in [0.29, 0.717) is 31.9 Å². The number of ether oxygens (including phenoxy) is 2. The van der Waals surface area contributed by atoms with E-state index in [0.717, 1.165) is 0 Å². The van der Waals surface area contributed by atoms with Crippen LogP contribution in [-0.4, -0.2) is 55.9 Å². The van der Waals surface area contributed by atoms with Crippen molar-refractivity contribution in [2.24, 2.45) is 0 Å². The molecule has 1 aromatic carbocycles. The molecular formula is C17H24FN3O4. The number of rotatable bonds is 2. The zero-order valence-corrected chi connectivity index (χ0v) is 15.0. The van der Waals surface area contributed by atoms with Crippen molar-refractivity contribution in [3.05, 3.63) is 23.5 Å². The fraction of sp³-hybridized carbons (Fsp3) is 0.529. The third-order valence-corrected chi connectivity index (χ3v) is 3.79. The summed E-state index contributed by atoms with van der Waals surface area (Å²) in [5.41, 5.74) is 5.57. The number of halogens is 1. The van der Waals surface area contributed by atoms with Gasteiger partial charge in [0, 0.05) is 31.9 Å². The van der Waals surface area contributed by atoms with E-state index < -0.39 is 17.4 Å². The van der Waals surface area contributed by atoms with Crippen molar-refractivity contribution in [3.8, 4) is 0 Å². The minimum Gasteiger partial charge on any atom is -0.465 e. The molecule has 0 spiro atoms. The molecule has 0 bridgehead atoms. The molecule has 1 aliphatic rings. The SMILES string of the molecule is COC(=O)c1c(N)cc(N2CCN(C(=O)OC(C)(C)C)CC2)cc1F. The predicted molar refractivity (Wildman–Crippen MR) is 92.2 cm³/mol. The van der Waals surface area contributed by atoms with Crippen LogP contribution in [-0.2, 0) is 9.47 Å². The Morgan fingerprint density at radius 3 is 2.24 bits per heavy atom. The highest BCUT2D eigenvalue weighted by atomic mass is 19.1. The van der Waals surface area contributed by atoms with Crippen molar-refractivity contribution in [2.75, 3.05) is 43.9 Å². The van der Waals surface area contributed by atoms with Gasteiger partial charge < -0.3 is 25.0 Å². The molecule has 1 heterocycles. The van der Waals surface area contributed by atoms with E-state index in [2.05, 4.69) is 4.74 Å². The van der Waals surface area contributed by atoms with Crippen LogP contribution in [0.15, 0.2) is 12.1 Å². The fourth-order valence-electron chi connectivity index (χ4n) is 2.59. The van der Waals surface area contributed by atoms with Gasteiger partial charge in [-0.05, 0) is 32.9 Å². The molecule has 0 saturated carbocycles. The van der Waals surface area contributed by atoms with Gasteiger partial charge in [-0.15, -0.1) is 0 Å². The largest absolute Gasteiger partial charge is 0.465 e. The molecule has 0 aliphatic carbocycles. The third-order valence-electron chi connectivity index (χ3n) is 3.79. The molecule has 25 heavy (non-hydrogen) atoms. The second-order valence-electron chi connectivity index (χ2n) is 6.84. The minimum absolute atomic E-state index is 0.0245. The molecule has 1 fully saturated rings. The molecule has 2 rings (SSSR count). The van der Waals surface area contributed by atoms with Crippen molar-refractivity contribution in [3.63, 3.8) is 0 Å². The number of anilines is 2. The lowest BCUT2D eigenvalue weighted by Gasteiger charge is -2.36. The van der Waals surface area contributed by atoms with E-state index in [-0.39, 0.29) is 17.3 Å². The summed E-state index contributed by atoms with van der Waals surface area (Å²) in [6.07, 6.45) is -0.362. The lowest BCUT2D eigenvalue weighted by Crippen LogP contribution is -2.50. The number of hydrogen-bond donors (Lipinski definition) is 1. The third kappa shape index (κ3) is 4.52. The molecule has 7 nitrogen and oxygen atoms in total. The zero-order chi connectivity index (χ0) is 18.8. The molecule has 2 N–H and O–H groups in total. The molecule has 1 saturated heterocycles. The number of piperazine rings is 1. The Labute approximate surface area is 146 Å². The monoisotopic (exact) mass is 353 g/mol. The van der Waals surface area contributed by atoms with Gasteiger partial charge in [0.2, 0.25) is 0 Å². The van der Waals surface area contributed by atoms with Gasteiger partial charge in [0.05, 0.1) is 12.8 Å². The van der Waals surface area contributed by atoms with Crippen LogP contribution in [0.4, 0.5) is 20.6 Å². The Kier molecular flexibility index (Phi) is 5.39. The van der Waals surface area contributed by atoms with Crippen LogP contribution >= 0.6 is 0 Å². The first-order chi connectivity index (χ1) is 11.6. The van der Waals surface area contributed by atoms with Gasteiger partial charge in [-0.1, -0.05) is 0 Å². The Balaban J connectivity index is 2.06. The molecule has 1 amide bonds. The highest BCUT2D eigenvalue weighted by Crippen LogP contribution is 2.26. The Hall–Kier alpha value is -2.51. The first-order valence-corrected chi connectivity index (χ1v) is 8.02. The number of methoxy groups -OCH3 is 1. The summed E-state index contributed by atoms with van der Waals surface area (Å²) in [6.45, 7) is 7.37. The Morgan fingerprint density at radius 2 is 1.76 bits per heavy atom. The molecule has 0 radical (unpaired) electrons. The summed E-state index contributed by atoms with van der Waals surface area (Å²) in [6, 6.07) is 2.80. The first-order valence-electron chi connectivity index (χ1n) is 8.02. The van der Waals surface area contributed by atoms with Crippen molar-refractivity contribution < 1.29 is 23.5 Å². The maximum Gasteiger partial charge on any atom is 0.410 e. The maximum atomic E-state index is 14.2. The molecule has 138 valence electrons. The second kappa shape index (κ2) is 7.16.